The third-order valence-corrected chi connectivity index (χ3v) is 4.64. The Morgan fingerprint density at radius 1 is 1.21 bits per heavy atom. The Hall–Kier alpha value is -2.54. The van der Waals surface area contributed by atoms with Crippen molar-refractivity contribution in [1.29, 1.82) is 0 Å². The van der Waals surface area contributed by atoms with Crippen LogP contribution in [0.3, 0.4) is 0 Å². The number of fused-ring (bicyclic) bond motifs is 2. The van der Waals surface area contributed by atoms with Crippen LogP contribution in [-0.4, -0.2) is 26.5 Å². The first-order valence-corrected chi connectivity index (χ1v) is 8.73. The van der Waals surface area contributed by atoms with E-state index in [0.29, 0.717) is 13.0 Å². The summed E-state index contributed by atoms with van der Waals surface area (Å²) in [4.78, 5) is 17.7. The fourth-order valence-electron chi connectivity index (χ4n) is 2.64. The molecule has 4 aromatic rings. The van der Waals surface area contributed by atoms with Crippen LogP contribution in [0.2, 0.25) is 0 Å². The number of nitrogens with one attached hydrogen (secondary N) is 2. The second kappa shape index (κ2) is 6.16. The fourth-order valence-corrected chi connectivity index (χ4v) is 3.43. The topological polar surface area (TPSA) is 66.5 Å². The van der Waals surface area contributed by atoms with E-state index < -0.39 is 0 Å². The molecule has 0 fully saturated rings. The number of imidazole rings is 1. The Morgan fingerprint density at radius 2 is 2.12 bits per heavy atom. The summed E-state index contributed by atoms with van der Waals surface area (Å²) in [5.74, 6) is 2.27. The Kier molecular flexibility index (Phi) is 3.86. The van der Waals surface area contributed by atoms with Gasteiger partial charge in [0.1, 0.15) is 28.1 Å². The lowest BCUT2D eigenvalue weighted by Gasteiger charge is -2.07. The highest BCUT2D eigenvalue weighted by molar-refractivity contribution is 7.16. The van der Waals surface area contributed by atoms with Crippen molar-refractivity contribution in [1.82, 2.24) is 19.9 Å². The van der Waals surface area contributed by atoms with Crippen molar-refractivity contribution in [2.24, 2.45) is 0 Å². The first-order chi connectivity index (χ1) is 11.7. The highest BCUT2D eigenvalue weighted by atomic mass is 32.1. The van der Waals surface area contributed by atoms with Gasteiger partial charge in [0.15, 0.2) is 0 Å². The number of rotatable bonds is 5. The van der Waals surface area contributed by atoms with Gasteiger partial charge in [0, 0.05) is 19.4 Å². The maximum atomic E-state index is 13.2. The maximum absolute atomic E-state index is 13.2. The molecule has 3 aromatic heterocycles. The van der Waals surface area contributed by atoms with Crippen molar-refractivity contribution in [3.8, 4) is 0 Å². The predicted molar refractivity (Wildman–Crippen MR) is 95.0 cm³/mol. The van der Waals surface area contributed by atoms with E-state index in [1.54, 1.807) is 17.4 Å². The van der Waals surface area contributed by atoms with Crippen LogP contribution in [-0.2, 0) is 12.8 Å². The van der Waals surface area contributed by atoms with Gasteiger partial charge in [-0.15, -0.1) is 11.3 Å². The molecule has 0 saturated carbocycles. The van der Waals surface area contributed by atoms with E-state index in [-0.39, 0.29) is 5.82 Å². The first-order valence-electron chi connectivity index (χ1n) is 7.85. The zero-order valence-corrected chi connectivity index (χ0v) is 14.0. The third kappa shape index (κ3) is 2.82. The highest BCUT2D eigenvalue weighted by Crippen LogP contribution is 2.25. The number of hydrogen-bond acceptors (Lipinski definition) is 5. The van der Waals surface area contributed by atoms with Crippen molar-refractivity contribution in [2.45, 2.75) is 19.8 Å². The maximum Gasteiger partial charge on any atom is 0.138 e. The summed E-state index contributed by atoms with van der Waals surface area (Å²) in [6.07, 6.45) is 1.51. The number of aryl methyl sites for hydroxylation is 1. The molecule has 0 saturated heterocycles. The summed E-state index contributed by atoms with van der Waals surface area (Å²) in [6, 6.07) is 6.61. The van der Waals surface area contributed by atoms with Gasteiger partial charge in [-0.3, -0.25) is 0 Å². The average Bonchev–Trinajstić information content (AvgIpc) is 3.20. The quantitative estimate of drug-likeness (QED) is 0.577. The summed E-state index contributed by atoms with van der Waals surface area (Å²) in [5.41, 5.74) is 1.50. The smallest absolute Gasteiger partial charge is 0.138 e. The number of halogens is 1. The van der Waals surface area contributed by atoms with Crippen LogP contribution in [0.4, 0.5) is 10.2 Å². The molecule has 0 unspecified atom stereocenters. The van der Waals surface area contributed by atoms with Crippen LogP contribution >= 0.6 is 11.3 Å². The normalized spacial score (nSPS) is 11.4. The number of hydrogen-bond donors (Lipinski definition) is 2. The van der Waals surface area contributed by atoms with E-state index in [2.05, 4.69) is 25.3 Å². The molecule has 5 nitrogen and oxygen atoms in total. The van der Waals surface area contributed by atoms with E-state index in [9.17, 15) is 4.39 Å². The van der Waals surface area contributed by atoms with Crippen molar-refractivity contribution in [3.05, 3.63) is 47.1 Å². The highest BCUT2D eigenvalue weighted by Gasteiger charge is 2.09. The second-order valence-corrected chi connectivity index (χ2v) is 6.40. The van der Waals surface area contributed by atoms with Crippen LogP contribution in [0.1, 0.15) is 18.6 Å². The lowest BCUT2D eigenvalue weighted by Crippen LogP contribution is -2.09. The molecule has 0 aliphatic carbocycles. The largest absolute Gasteiger partial charge is 0.369 e. The lowest BCUT2D eigenvalue weighted by molar-refractivity contribution is 0.629. The average molecular weight is 341 g/mol. The molecule has 0 atom stereocenters. The molecule has 0 radical (unpaired) electrons. The summed E-state index contributed by atoms with van der Waals surface area (Å²) < 4.78 is 13.2. The molecule has 3 heterocycles. The van der Waals surface area contributed by atoms with Crippen LogP contribution < -0.4 is 5.32 Å². The molecule has 0 amide bonds. The van der Waals surface area contributed by atoms with Crippen molar-refractivity contribution in [3.63, 3.8) is 0 Å². The number of benzene rings is 1. The first kappa shape index (κ1) is 15.0. The fraction of sp³-hybridized carbons (Fsp3) is 0.235. The van der Waals surface area contributed by atoms with Crippen LogP contribution in [0.25, 0.3) is 21.3 Å². The van der Waals surface area contributed by atoms with Gasteiger partial charge in [-0.25, -0.2) is 19.3 Å². The zero-order chi connectivity index (χ0) is 16.5. The van der Waals surface area contributed by atoms with E-state index in [0.717, 1.165) is 45.1 Å². The van der Waals surface area contributed by atoms with Gasteiger partial charge in [0.25, 0.3) is 0 Å². The number of aromatic nitrogens is 4. The number of anilines is 1. The summed E-state index contributed by atoms with van der Waals surface area (Å²) in [6.45, 7) is 2.74. The van der Waals surface area contributed by atoms with Gasteiger partial charge in [-0.1, -0.05) is 6.92 Å². The van der Waals surface area contributed by atoms with Crippen LogP contribution in [0, 0.1) is 5.82 Å². The van der Waals surface area contributed by atoms with Gasteiger partial charge < -0.3 is 10.3 Å². The molecule has 0 spiro atoms. The zero-order valence-electron chi connectivity index (χ0n) is 13.1. The number of H-pyrrole nitrogens is 1. The molecule has 122 valence electrons. The number of thiophene rings is 1. The van der Waals surface area contributed by atoms with Crippen molar-refractivity contribution in [2.75, 3.05) is 11.9 Å². The van der Waals surface area contributed by atoms with Crippen LogP contribution in [0.15, 0.2) is 29.6 Å². The standard InChI is InChI=1S/C17H16FN5S/c1-2-14-22-16(11-6-8-24-17(11)23-14)19-7-5-15-20-12-4-3-10(18)9-13(12)21-15/h3-4,6,8-9H,2,5,7H2,1H3,(H,20,21)(H,19,22,23). The van der Waals surface area contributed by atoms with Gasteiger partial charge in [-0.05, 0) is 29.6 Å². The molecular weight excluding hydrogens is 325 g/mol. The monoisotopic (exact) mass is 341 g/mol. The third-order valence-electron chi connectivity index (χ3n) is 3.83. The number of aromatic amines is 1. The van der Waals surface area contributed by atoms with Crippen molar-refractivity contribution < 1.29 is 4.39 Å². The molecule has 2 N–H and O–H groups in total. The van der Waals surface area contributed by atoms with Crippen molar-refractivity contribution >= 4 is 38.4 Å². The molecule has 0 aliphatic rings. The summed E-state index contributed by atoms with van der Waals surface area (Å²) >= 11 is 1.62. The SMILES string of the molecule is CCc1nc(NCCc2nc3ccc(F)cc3[nH]2)c2ccsc2n1. The Bertz CT molecular complexity index is 1010. The minimum atomic E-state index is -0.260. The number of nitrogens with zero attached hydrogens (tertiary/aromatic N) is 3. The minimum absolute atomic E-state index is 0.260. The summed E-state index contributed by atoms with van der Waals surface area (Å²) in [7, 11) is 0. The Labute approximate surface area is 142 Å². The van der Waals surface area contributed by atoms with E-state index in [1.807, 2.05) is 18.4 Å². The van der Waals surface area contributed by atoms with Crippen LogP contribution in [0.5, 0.6) is 0 Å². The molecule has 1 aromatic carbocycles. The Morgan fingerprint density at radius 3 is 3.00 bits per heavy atom. The molecule has 0 bridgehead atoms. The van der Waals surface area contributed by atoms with Gasteiger partial charge >= 0.3 is 0 Å². The minimum Gasteiger partial charge on any atom is -0.369 e. The Balaban J connectivity index is 1.51. The van der Waals surface area contributed by atoms with E-state index >= 15 is 0 Å². The molecule has 4 rings (SSSR count). The molecule has 24 heavy (non-hydrogen) atoms. The second-order valence-electron chi connectivity index (χ2n) is 5.50. The van der Waals surface area contributed by atoms with E-state index in [1.165, 1.54) is 12.1 Å². The predicted octanol–water partition coefficient (Wildman–Crippen LogP) is 3.92. The lowest BCUT2D eigenvalue weighted by atomic mass is 10.3. The summed E-state index contributed by atoms with van der Waals surface area (Å²) in [5, 5.41) is 6.44. The molecule has 0 aliphatic heterocycles. The van der Waals surface area contributed by atoms with E-state index in [4.69, 9.17) is 0 Å². The van der Waals surface area contributed by atoms with Gasteiger partial charge in [0.05, 0.1) is 16.4 Å². The van der Waals surface area contributed by atoms with Gasteiger partial charge in [-0.2, -0.15) is 0 Å². The van der Waals surface area contributed by atoms with Gasteiger partial charge in [0.2, 0.25) is 0 Å². The molecule has 7 heteroatoms. The molecular formula is C17H16FN5S.